The van der Waals surface area contributed by atoms with Gasteiger partial charge in [0.05, 0.1) is 6.54 Å². The fraction of sp³-hybridized carbons (Fsp3) is 0.824. The third kappa shape index (κ3) is 6.66. The van der Waals surface area contributed by atoms with Gasteiger partial charge in [0, 0.05) is 33.9 Å². The lowest BCUT2D eigenvalue weighted by Crippen LogP contribution is -2.46. The first-order valence-corrected chi connectivity index (χ1v) is 9.00. The first-order chi connectivity index (χ1) is 12.1. The topological polar surface area (TPSA) is 93.8 Å². The normalized spacial score (nSPS) is 17.2. The number of aromatic nitrogens is 2. The van der Waals surface area contributed by atoms with E-state index in [9.17, 15) is 0 Å². The smallest absolute Gasteiger partial charge is 0.246 e. The molecule has 0 aliphatic heterocycles. The summed E-state index contributed by atoms with van der Waals surface area (Å²) >= 11 is 0. The molecule has 26 heavy (non-hydrogen) atoms. The monoisotopic (exact) mass is 481 g/mol. The highest BCUT2D eigenvalue weighted by atomic mass is 127. The van der Waals surface area contributed by atoms with Crippen LogP contribution in [0.1, 0.15) is 57.3 Å². The van der Waals surface area contributed by atoms with Crippen LogP contribution in [0.4, 0.5) is 0 Å². The van der Waals surface area contributed by atoms with Crippen LogP contribution in [-0.2, 0) is 16.0 Å². The van der Waals surface area contributed by atoms with Crippen LogP contribution >= 0.6 is 24.0 Å². The van der Waals surface area contributed by atoms with E-state index in [2.05, 4.69) is 25.8 Å². The van der Waals surface area contributed by atoms with E-state index in [1.54, 1.807) is 14.2 Å². The van der Waals surface area contributed by atoms with Crippen LogP contribution in [0, 0.1) is 5.41 Å². The molecule has 0 aromatic carbocycles. The van der Waals surface area contributed by atoms with Gasteiger partial charge in [-0.15, -0.1) is 24.0 Å². The van der Waals surface area contributed by atoms with Crippen LogP contribution in [0.25, 0.3) is 0 Å². The van der Waals surface area contributed by atoms with Crippen molar-refractivity contribution >= 4 is 29.9 Å². The number of hydrogen-bond acceptors (Lipinski definition) is 6. The quantitative estimate of drug-likeness (QED) is 0.302. The summed E-state index contributed by atoms with van der Waals surface area (Å²) in [6.07, 6.45) is 4.68. The molecular weight excluding hydrogens is 449 g/mol. The predicted octanol–water partition coefficient (Wildman–Crippen LogP) is 2.66. The number of ether oxygens (including phenoxy) is 2. The Bertz CT molecular complexity index is 548. The van der Waals surface area contributed by atoms with Gasteiger partial charge in [-0.05, 0) is 38.5 Å². The van der Waals surface area contributed by atoms with Crippen molar-refractivity contribution in [3.05, 3.63) is 11.7 Å². The van der Waals surface area contributed by atoms with Crippen molar-refractivity contribution in [1.82, 2.24) is 20.8 Å². The average molecular weight is 481 g/mol. The molecule has 1 atom stereocenters. The number of hydrogen-bond donors (Lipinski definition) is 2. The van der Waals surface area contributed by atoms with Crippen LogP contribution in [0.2, 0.25) is 0 Å². The van der Waals surface area contributed by atoms with Crippen LogP contribution in [0.5, 0.6) is 0 Å². The zero-order chi connectivity index (χ0) is 18.1. The molecular formula is C17H32IN5O3. The Morgan fingerprint density at radius 3 is 2.73 bits per heavy atom. The van der Waals surface area contributed by atoms with E-state index < -0.39 is 0 Å². The molecule has 1 fully saturated rings. The zero-order valence-corrected chi connectivity index (χ0v) is 18.5. The van der Waals surface area contributed by atoms with Crippen LogP contribution in [-0.4, -0.2) is 50.0 Å². The van der Waals surface area contributed by atoms with E-state index in [1.165, 1.54) is 19.3 Å². The molecule has 9 heteroatoms. The molecule has 1 aromatic heterocycles. The van der Waals surface area contributed by atoms with Crippen LogP contribution < -0.4 is 10.6 Å². The third-order valence-corrected chi connectivity index (χ3v) is 4.78. The summed E-state index contributed by atoms with van der Waals surface area (Å²) in [6.45, 7) is 6.59. The van der Waals surface area contributed by atoms with Crippen molar-refractivity contribution in [1.29, 1.82) is 0 Å². The molecule has 1 aromatic rings. The summed E-state index contributed by atoms with van der Waals surface area (Å²) in [7, 11) is 3.51. The fourth-order valence-corrected chi connectivity index (χ4v) is 2.99. The van der Waals surface area contributed by atoms with Gasteiger partial charge in [0.15, 0.2) is 11.8 Å². The molecule has 1 heterocycles. The van der Waals surface area contributed by atoms with Gasteiger partial charge >= 0.3 is 0 Å². The molecule has 1 aliphatic carbocycles. The number of nitrogens with zero attached hydrogens (tertiary/aromatic N) is 3. The van der Waals surface area contributed by atoms with Gasteiger partial charge in [0.25, 0.3) is 0 Å². The van der Waals surface area contributed by atoms with Gasteiger partial charge in [0.2, 0.25) is 5.89 Å². The van der Waals surface area contributed by atoms with Gasteiger partial charge in [-0.1, -0.05) is 11.6 Å². The van der Waals surface area contributed by atoms with Crippen molar-refractivity contribution in [2.75, 3.05) is 33.9 Å². The molecule has 0 amide bonds. The highest BCUT2D eigenvalue weighted by Crippen LogP contribution is 2.43. The molecule has 0 bridgehead atoms. The average Bonchev–Trinajstić information content (AvgIpc) is 3.05. The maximum absolute atomic E-state index is 5.46. The van der Waals surface area contributed by atoms with E-state index in [1.807, 2.05) is 13.8 Å². The van der Waals surface area contributed by atoms with E-state index in [-0.39, 0.29) is 30.1 Å². The largest absolute Gasteiger partial charge is 0.385 e. The summed E-state index contributed by atoms with van der Waals surface area (Å²) in [4.78, 5) is 8.61. The second-order valence-corrected chi connectivity index (χ2v) is 6.52. The van der Waals surface area contributed by atoms with Crippen molar-refractivity contribution in [2.45, 2.75) is 52.2 Å². The van der Waals surface area contributed by atoms with E-state index in [0.29, 0.717) is 30.3 Å². The maximum atomic E-state index is 5.46. The van der Waals surface area contributed by atoms with E-state index in [0.717, 1.165) is 25.5 Å². The second kappa shape index (κ2) is 11.7. The van der Waals surface area contributed by atoms with E-state index >= 15 is 0 Å². The van der Waals surface area contributed by atoms with Crippen molar-refractivity contribution in [3.8, 4) is 0 Å². The van der Waals surface area contributed by atoms with Crippen LogP contribution in [0.15, 0.2) is 9.52 Å². The van der Waals surface area contributed by atoms with E-state index in [4.69, 9.17) is 14.0 Å². The first kappa shape index (κ1) is 23.1. The first-order valence-electron chi connectivity index (χ1n) is 9.00. The Labute approximate surface area is 172 Å². The number of aliphatic imine (C=N–C) groups is 1. The number of methoxy groups -OCH3 is 1. The van der Waals surface area contributed by atoms with Crippen molar-refractivity contribution in [3.63, 3.8) is 0 Å². The Kier molecular flexibility index (Phi) is 10.4. The van der Waals surface area contributed by atoms with Gasteiger partial charge in [0.1, 0.15) is 6.10 Å². The van der Waals surface area contributed by atoms with Gasteiger partial charge in [-0.2, -0.15) is 4.98 Å². The molecule has 2 N–H and O–H groups in total. The molecule has 8 nitrogen and oxygen atoms in total. The predicted molar refractivity (Wildman–Crippen MR) is 111 cm³/mol. The highest BCUT2D eigenvalue weighted by molar-refractivity contribution is 14.0. The molecule has 1 unspecified atom stereocenters. The standard InChI is InChI=1S/C17H31N5O3.HI/c1-5-24-13(2)15-21-14(25-22-15)11-19-16(18-3)20-12-17(7-6-8-17)9-10-23-4;/h13H,5-12H2,1-4H3,(H2,18,19,20);1H. The maximum Gasteiger partial charge on any atom is 0.246 e. The molecule has 0 radical (unpaired) electrons. The number of rotatable bonds is 10. The van der Waals surface area contributed by atoms with Crippen LogP contribution in [0.3, 0.4) is 0 Å². The van der Waals surface area contributed by atoms with Gasteiger partial charge in [-0.25, -0.2) is 0 Å². The fourth-order valence-electron chi connectivity index (χ4n) is 2.99. The number of nitrogens with one attached hydrogen (secondary N) is 2. The Morgan fingerprint density at radius 1 is 1.38 bits per heavy atom. The molecule has 1 aliphatic rings. The number of guanidine groups is 1. The summed E-state index contributed by atoms with van der Waals surface area (Å²) in [5, 5.41) is 10.6. The summed E-state index contributed by atoms with van der Waals surface area (Å²) in [5.74, 6) is 1.82. The minimum Gasteiger partial charge on any atom is -0.385 e. The Hall–Kier alpha value is -0.940. The third-order valence-electron chi connectivity index (χ3n) is 4.78. The lowest BCUT2D eigenvalue weighted by atomic mass is 9.67. The Balaban J connectivity index is 0.00000338. The molecule has 0 spiro atoms. The lowest BCUT2D eigenvalue weighted by molar-refractivity contribution is 0.0683. The minimum atomic E-state index is -0.167. The molecule has 1 saturated carbocycles. The number of halogens is 1. The van der Waals surface area contributed by atoms with Crippen molar-refractivity contribution in [2.24, 2.45) is 10.4 Å². The Morgan fingerprint density at radius 2 is 2.15 bits per heavy atom. The second-order valence-electron chi connectivity index (χ2n) is 6.52. The molecule has 2 rings (SSSR count). The highest BCUT2D eigenvalue weighted by Gasteiger charge is 2.36. The molecule has 150 valence electrons. The SMILES string of the molecule is CCOC(C)c1noc(CNC(=NC)NCC2(CCOC)CCC2)n1.I. The summed E-state index contributed by atoms with van der Waals surface area (Å²) in [5.41, 5.74) is 0.332. The van der Waals surface area contributed by atoms with Gasteiger partial charge < -0.3 is 24.6 Å². The van der Waals surface area contributed by atoms with Crippen molar-refractivity contribution < 1.29 is 14.0 Å². The summed E-state index contributed by atoms with van der Waals surface area (Å²) < 4.78 is 16.0. The molecule has 0 saturated heterocycles. The zero-order valence-electron chi connectivity index (χ0n) is 16.2. The summed E-state index contributed by atoms with van der Waals surface area (Å²) in [6, 6.07) is 0. The van der Waals surface area contributed by atoms with Gasteiger partial charge in [-0.3, -0.25) is 4.99 Å². The lowest BCUT2D eigenvalue weighted by Gasteiger charge is -2.42. The minimum absolute atomic E-state index is 0.